The predicted molar refractivity (Wildman–Crippen MR) is 87.9 cm³/mol. The van der Waals surface area contributed by atoms with Gasteiger partial charge in [-0.05, 0) is 68.2 Å². The Morgan fingerprint density at radius 2 is 2.10 bits per heavy atom. The quantitative estimate of drug-likeness (QED) is 0.581. The number of hydrogen-bond donors (Lipinski definition) is 2. The summed E-state index contributed by atoms with van der Waals surface area (Å²) in [6.07, 6.45) is 3.43. The third-order valence-electron chi connectivity index (χ3n) is 2.55. The van der Waals surface area contributed by atoms with Crippen molar-refractivity contribution in [2.24, 2.45) is 5.10 Å². The summed E-state index contributed by atoms with van der Waals surface area (Å²) in [7, 11) is 0. The number of rotatable bonds is 4. The van der Waals surface area contributed by atoms with Crippen molar-refractivity contribution in [3.8, 4) is 5.75 Å². The fourth-order valence-corrected chi connectivity index (χ4v) is 3.03. The zero-order valence-electron chi connectivity index (χ0n) is 10.6. The van der Waals surface area contributed by atoms with Gasteiger partial charge in [0.05, 0.1) is 15.2 Å². The van der Waals surface area contributed by atoms with Gasteiger partial charge >= 0.3 is 0 Å². The van der Waals surface area contributed by atoms with Gasteiger partial charge in [0.25, 0.3) is 0 Å². The summed E-state index contributed by atoms with van der Waals surface area (Å²) in [5.74, 6) is 0.958. The van der Waals surface area contributed by atoms with Crippen molar-refractivity contribution < 1.29 is 5.11 Å². The number of aromatic amines is 1. The van der Waals surface area contributed by atoms with Gasteiger partial charge in [-0.15, -0.1) is 0 Å². The first kappa shape index (κ1) is 15.4. The molecule has 0 atom stereocenters. The summed E-state index contributed by atoms with van der Waals surface area (Å²) < 4.78 is 3.26. The maximum absolute atomic E-state index is 9.67. The Labute approximate surface area is 138 Å². The van der Waals surface area contributed by atoms with Crippen molar-refractivity contribution in [2.45, 2.75) is 19.8 Å². The molecule has 0 radical (unpaired) electrons. The molecule has 5 nitrogen and oxygen atoms in total. The molecular formula is C12H12Br2N4OS. The Morgan fingerprint density at radius 3 is 2.70 bits per heavy atom. The van der Waals surface area contributed by atoms with Crippen LogP contribution in [0.4, 0.5) is 0 Å². The SMILES string of the molecule is CCCc1n[nH]c(=S)n1/N=C/c1cc(Br)c(O)c(Br)c1. The molecule has 0 bridgehead atoms. The van der Waals surface area contributed by atoms with E-state index in [9.17, 15) is 5.11 Å². The fraction of sp³-hybridized carbons (Fsp3) is 0.250. The molecule has 0 spiro atoms. The number of nitrogens with one attached hydrogen (secondary N) is 1. The molecular weight excluding hydrogens is 408 g/mol. The Morgan fingerprint density at radius 1 is 1.45 bits per heavy atom. The highest BCUT2D eigenvalue weighted by atomic mass is 79.9. The number of nitrogens with zero attached hydrogens (tertiary/aromatic N) is 3. The van der Waals surface area contributed by atoms with E-state index in [1.807, 2.05) is 0 Å². The van der Waals surface area contributed by atoms with Crippen molar-refractivity contribution in [3.63, 3.8) is 0 Å². The third-order valence-corrected chi connectivity index (χ3v) is 4.03. The van der Waals surface area contributed by atoms with Gasteiger partial charge in [0.2, 0.25) is 4.77 Å². The third kappa shape index (κ3) is 3.36. The molecule has 0 saturated heterocycles. The monoisotopic (exact) mass is 418 g/mol. The van der Waals surface area contributed by atoms with E-state index in [2.05, 4.69) is 54.1 Å². The number of phenolic OH excluding ortho intramolecular Hbond substituents is 1. The lowest BCUT2D eigenvalue weighted by atomic mass is 10.2. The summed E-state index contributed by atoms with van der Waals surface area (Å²) in [6, 6.07) is 3.54. The highest BCUT2D eigenvalue weighted by molar-refractivity contribution is 9.11. The predicted octanol–water partition coefficient (Wildman–Crippen LogP) is 4.01. The molecule has 0 aliphatic heterocycles. The van der Waals surface area contributed by atoms with Crippen LogP contribution in [0.25, 0.3) is 0 Å². The normalized spacial score (nSPS) is 11.3. The lowest BCUT2D eigenvalue weighted by Gasteiger charge is -2.02. The van der Waals surface area contributed by atoms with Crippen LogP contribution in [-0.4, -0.2) is 26.2 Å². The molecule has 2 N–H and O–H groups in total. The molecule has 106 valence electrons. The van der Waals surface area contributed by atoms with E-state index in [0.29, 0.717) is 13.7 Å². The van der Waals surface area contributed by atoms with Gasteiger partial charge in [0.1, 0.15) is 5.75 Å². The number of phenols is 1. The molecule has 1 aromatic heterocycles. The molecule has 0 aliphatic carbocycles. The van der Waals surface area contributed by atoms with Crippen LogP contribution in [0, 0.1) is 4.77 Å². The molecule has 0 aliphatic rings. The summed E-state index contributed by atoms with van der Waals surface area (Å²) in [4.78, 5) is 0. The maximum Gasteiger partial charge on any atom is 0.216 e. The fourth-order valence-electron chi connectivity index (χ4n) is 1.61. The van der Waals surface area contributed by atoms with Crippen LogP contribution in [0.3, 0.4) is 0 Å². The van der Waals surface area contributed by atoms with E-state index in [1.165, 1.54) is 0 Å². The molecule has 20 heavy (non-hydrogen) atoms. The van der Waals surface area contributed by atoms with Gasteiger partial charge in [-0.1, -0.05) is 6.92 Å². The van der Waals surface area contributed by atoms with Gasteiger partial charge in [0.15, 0.2) is 5.82 Å². The Kier molecular flexibility index (Phi) is 5.11. The Bertz CT molecular complexity index is 685. The van der Waals surface area contributed by atoms with Crippen LogP contribution in [0.5, 0.6) is 5.75 Å². The van der Waals surface area contributed by atoms with E-state index >= 15 is 0 Å². The smallest absolute Gasteiger partial charge is 0.216 e. The largest absolute Gasteiger partial charge is 0.506 e. The van der Waals surface area contributed by atoms with Gasteiger partial charge < -0.3 is 5.11 Å². The van der Waals surface area contributed by atoms with Crippen molar-refractivity contribution >= 4 is 50.3 Å². The molecule has 2 rings (SSSR count). The summed E-state index contributed by atoms with van der Waals surface area (Å²) >= 11 is 11.7. The minimum absolute atomic E-state index is 0.161. The van der Waals surface area contributed by atoms with Crippen LogP contribution >= 0.6 is 44.1 Å². The first-order valence-electron chi connectivity index (χ1n) is 5.91. The van der Waals surface area contributed by atoms with Crippen LogP contribution in [0.1, 0.15) is 24.7 Å². The second-order valence-corrected chi connectivity index (χ2v) is 6.18. The average molecular weight is 420 g/mol. The lowest BCUT2D eigenvalue weighted by molar-refractivity contribution is 0.468. The minimum Gasteiger partial charge on any atom is -0.506 e. The molecule has 1 heterocycles. The van der Waals surface area contributed by atoms with E-state index in [1.54, 1.807) is 23.0 Å². The molecule has 0 fully saturated rings. The first-order chi connectivity index (χ1) is 9.52. The van der Waals surface area contributed by atoms with Gasteiger partial charge in [-0.25, -0.2) is 0 Å². The zero-order chi connectivity index (χ0) is 14.7. The summed E-state index contributed by atoms with van der Waals surface area (Å²) in [6.45, 7) is 2.07. The molecule has 8 heteroatoms. The number of aromatic hydroxyl groups is 1. The Balaban J connectivity index is 2.34. The van der Waals surface area contributed by atoms with Crippen molar-refractivity contribution in [1.29, 1.82) is 0 Å². The van der Waals surface area contributed by atoms with Crippen molar-refractivity contribution in [1.82, 2.24) is 14.9 Å². The van der Waals surface area contributed by atoms with E-state index < -0.39 is 0 Å². The molecule has 2 aromatic rings. The van der Waals surface area contributed by atoms with Crippen molar-refractivity contribution in [3.05, 3.63) is 37.2 Å². The Hall–Kier alpha value is -0.990. The van der Waals surface area contributed by atoms with Crippen LogP contribution in [0.15, 0.2) is 26.2 Å². The molecule has 0 saturated carbocycles. The number of H-pyrrole nitrogens is 1. The number of aromatic nitrogens is 3. The lowest BCUT2D eigenvalue weighted by Crippen LogP contribution is -1.98. The second-order valence-electron chi connectivity index (χ2n) is 4.08. The van der Waals surface area contributed by atoms with E-state index in [4.69, 9.17) is 12.2 Å². The van der Waals surface area contributed by atoms with Crippen LogP contribution in [-0.2, 0) is 6.42 Å². The minimum atomic E-state index is 0.161. The first-order valence-corrected chi connectivity index (χ1v) is 7.91. The molecule has 0 unspecified atom stereocenters. The maximum atomic E-state index is 9.67. The average Bonchev–Trinajstić information content (AvgIpc) is 2.75. The standard InChI is InChI=1S/C12H12Br2N4OS/c1-2-3-10-16-17-12(20)18(10)15-6-7-4-8(13)11(19)9(14)5-7/h4-6,19H,2-3H2,1H3,(H,17,20)/b15-6+. The number of aryl methyl sites for hydroxylation is 1. The highest BCUT2D eigenvalue weighted by Crippen LogP contribution is 2.32. The number of hydrogen-bond acceptors (Lipinski definition) is 4. The molecule has 0 amide bonds. The van der Waals surface area contributed by atoms with E-state index in [0.717, 1.165) is 24.2 Å². The second kappa shape index (κ2) is 6.64. The summed E-state index contributed by atoms with van der Waals surface area (Å²) in [5.41, 5.74) is 0.826. The van der Waals surface area contributed by atoms with E-state index in [-0.39, 0.29) is 5.75 Å². The van der Waals surface area contributed by atoms with Crippen molar-refractivity contribution in [2.75, 3.05) is 0 Å². The topological polar surface area (TPSA) is 66.2 Å². The highest BCUT2D eigenvalue weighted by Gasteiger charge is 2.06. The van der Waals surface area contributed by atoms with Gasteiger partial charge in [-0.2, -0.15) is 14.9 Å². The molecule has 1 aromatic carbocycles. The number of halogens is 2. The summed E-state index contributed by atoms with van der Waals surface area (Å²) in [5, 5.41) is 20.9. The number of benzene rings is 1. The van der Waals surface area contributed by atoms with Gasteiger partial charge in [-0.3, -0.25) is 5.10 Å². The van der Waals surface area contributed by atoms with Gasteiger partial charge in [0, 0.05) is 6.42 Å². The zero-order valence-corrected chi connectivity index (χ0v) is 14.6. The van der Waals surface area contributed by atoms with Crippen LogP contribution < -0.4 is 0 Å². The van der Waals surface area contributed by atoms with Crippen LogP contribution in [0.2, 0.25) is 0 Å².